The first kappa shape index (κ1) is 16.4. The summed E-state index contributed by atoms with van der Waals surface area (Å²) < 4.78 is 38.0. The van der Waals surface area contributed by atoms with Gasteiger partial charge in [-0.3, -0.25) is 0 Å². The van der Waals surface area contributed by atoms with Gasteiger partial charge < -0.3 is 10.2 Å². The van der Waals surface area contributed by atoms with Crippen molar-refractivity contribution in [1.82, 2.24) is 5.32 Å². The summed E-state index contributed by atoms with van der Waals surface area (Å²) in [6, 6.07) is 5.76. The molecule has 21 heavy (non-hydrogen) atoms. The number of rotatable bonds is 4. The van der Waals surface area contributed by atoms with E-state index in [1.54, 1.807) is 0 Å². The Morgan fingerprint density at radius 2 is 1.95 bits per heavy atom. The fraction of sp³-hybridized carbons (Fsp3) is 0.600. The molecule has 1 aliphatic heterocycles. The number of anilines is 1. The van der Waals surface area contributed by atoms with E-state index in [2.05, 4.69) is 5.32 Å². The lowest BCUT2D eigenvalue weighted by Gasteiger charge is -2.35. The average Bonchev–Trinajstić information content (AvgIpc) is 2.44. The number of nitrogens with one attached hydrogen (secondary N) is 1. The van der Waals surface area contributed by atoms with E-state index in [1.165, 1.54) is 0 Å². The minimum Gasteiger partial charge on any atom is -0.370 e. The van der Waals surface area contributed by atoms with Crippen LogP contribution in [-0.4, -0.2) is 25.8 Å². The third-order valence-corrected chi connectivity index (χ3v) is 4.19. The second-order valence-corrected chi connectivity index (χ2v) is 5.78. The van der Waals surface area contributed by atoms with Crippen molar-refractivity contribution in [3.63, 3.8) is 0 Å². The van der Waals surface area contributed by atoms with Gasteiger partial charge in [-0.05, 0) is 37.1 Å². The number of alkyl halides is 3. The normalized spacial score (nSPS) is 17.3. The maximum atomic E-state index is 12.7. The predicted octanol–water partition coefficient (Wildman–Crippen LogP) is 4.23. The van der Waals surface area contributed by atoms with Crippen LogP contribution in [0.15, 0.2) is 18.2 Å². The third-order valence-electron chi connectivity index (χ3n) is 3.89. The first-order valence-electron chi connectivity index (χ1n) is 7.22. The van der Waals surface area contributed by atoms with Crippen molar-refractivity contribution in [3.05, 3.63) is 28.8 Å². The van der Waals surface area contributed by atoms with E-state index < -0.39 is 12.1 Å². The second-order valence-electron chi connectivity index (χ2n) is 5.37. The highest BCUT2D eigenvalue weighted by Crippen LogP contribution is 2.37. The van der Waals surface area contributed by atoms with E-state index in [0.717, 1.165) is 24.3 Å². The molecule has 2 nitrogen and oxygen atoms in total. The molecule has 118 valence electrons. The summed E-state index contributed by atoms with van der Waals surface area (Å²) in [5.74, 6) is -1.18. The quantitative estimate of drug-likeness (QED) is 0.893. The molecule has 1 heterocycles. The Kier molecular flexibility index (Phi) is 5.38. The van der Waals surface area contributed by atoms with Crippen LogP contribution in [0.25, 0.3) is 0 Å². The molecular formula is C15H20ClF3N2. The van der Waals surface area contributed by atoms with Gasteiger partial charge in [-0.2, -0.15) is 13.2 Å². The first-order chi connectivity index (χ1) is 9.91. The van der Waals surface area contributed by atoms with Crippen molar-refractivity contribution in [2.24, 2.45) is 5.92 Å². The molecule has 1 fully saturated rings. The predicted molar refractivity (Wildman–Crippen MR) is 79.8 cm³/mol. The van der Waals surface area contributed by atoms with Crippen LogP contribution < -0.4 is 10.2 Å². The summed E-state index contributed by atoms with van der Waals surface area (Å²) >= 11 is 6.28. The lowest BCUT2D eigenvalue weighted by Crippen LogP contribution is -2.39. The number of piperidine rings is 1. The van der Waals surface area contributed by atoms with Crippen LogP contribution in [0, 0.1) is 5.92 Å². The molecule has 1 aliphatic rings. The lowest BCUT2D eigenvalue weighted by molar-refractivity contribution is -0.179. The highest BCUT2D eigenvalue weighted by atomic mass is 35.5. The van der Waals surface area contributed by atoms with Crippen LogP contribution in [0.5, 0.6) is 0 Å². The van der Waals surface area contributed by atoms with E-state index in [9.17, 15) is 13.2 Å². The maximum Gasteiger partial charge on any atom is 0.391 e. The molecule has 1 saturated heterocycles. The minimum atomic E-state index is -4.08. The molecule has 0 spiro atoms. The van der Waals surface area contributed by atoms with Crippen LogP contribution in [-0.2, 0) is 6.54 Å². The molecule has 0 radical (unpaired) electrons. The summed E-state index contributed by atoms with van der Waals surface area (Å²) in [6.07, 6.45) is -3.80. The van der Waals surface area contributed by atoms with E-state index in [-0.39, 0.29) is 12.8 Å². The second kappa shape index (κ2) is 6.88. The van der Waals surface area contributed by atoms with Gasteiger partial charge in [0.2, 0.25) is 0 Å². The monoisotopic (exact) mass is 320 g/mol. The van der Waals surface area contributed by atoms with Crippen molar-refractivity contribution in [2.45, 2.75) is 32.5 Å². The fourth-order valence-electron chi connectivity index (χ4n) is 2.63. The molecule has 1 aromatic rings. The smallest absolute Gasteiger partial charge is 0.370 e. The molecule has 0 atom stereocenters. The number of nitrogens with zero attached hydrogens (tertiary/aromatic N) is 1. The van der Waals surface area contributed by atoms with Crippen molar-refractivity contribution in [1.29, 1.82) is 0 Å². The van der Waals surface area contributed by atoms with Gasteiger partial charge in [0.05, 0.1) is 16.6 Å². The average molecular weight is 321 g/mol. The Morgan fingerprint density at radius 3 is 2.48 bits per heavy atom. The van der Waals surface area contributed by atoms with Gasteiger partial charge in [-0.15, -0.1) is 0 Å². The molecular weight excluding hydrogens is 301 g/mol. The first-order valence-corrected chi connectivity index (χ1v) is 7.60. The van der Waals surface area contributed by atoms with E-state index in [0.29, 0.717) is 18.1 Å². The highest BCUT2D eigenvalue weighted by molar-refractivity contribution is 6.33. The van der Waals surface area contributed by atoms with Gasteiger partial charge in [0.1, 0.15) is 0 Å². The minimum absolute atomic E-state index is 0.138. The van der Waals surface area contributed by atoms with Crippen LogP contribution in [0.1, 0.15) is 25.3 Å². The zero-order chi connectivity index (χ0) is 15.5. The molecule has 2 rings (SSSR count). The molecule has 0 bridgehead atoms. The van der Waals surface area contributed by atoms with E-state index >= 15 is 0 Å². The summed E-state index contributed by atoms with van der Waals surface area (Å²) in [6.45, 7) is 4.45. The fourth-order valence-corrected chi connectivity index (χ4v) is 2.96. The van der Waals surface area contributed by atoms with Crippen molar-refractivity contribution < 1.29 is 13.2 Å². The molecule has 0 unspecified atom stereocenters. The van der Waals surface area contributed by atoms with Gasteiger partial charge in [-0.1, -0.05) is 24.6 Å². The van der Waals surface area contributed by atoms with Gasteiger partial charge in [0.15, 0.2) is 0 Å². The zero-order valence-electron chi connectivity index (χ0n) is 12.0. The number of hydrogen-bond acceptors (Lipinski definition) is 2. The van der Waals surface area contributed by atoms with Crippen LogP contribution in [0.2, 0.25) is 5.02 Å². The zero-order valence-corrected chi connectivity index (χ0v) is 12.8. The van der Waals surface area contributed by atoms with Crippen LogP contribution in [0.4, 0.5) is 18.9 Å². The Morgan fingerprint density at radius 1 is 1.29 bits per heavy atom. The largest absolute Gasteiger partial charge is 0.391 e. The van der Waals surface area contributed by atoms with Gasteiger partial charge in [0, 0.05) is 19.6 Å². The summed E-state index contributed by atoms with van der Waals surface area (Å²) in [7, 11) is 0. The van der Waals surface area contributed by atoms with Crippen LogP contribution >= 0.6 is 11.6 Å². The third kappa shape index (κ3) is 4.27. The molecule has 0 amide bonds. The van der Waals surface area contributed by atoms with E-state index in [4.69, 9.17) is 11.6 Å². The maximum absolute atomic E-state index is 12.7. The molecule has 6 heteroatoms. The molecule has 0 saturated carbocycles. The standard InChI is InChI=1S/C15H20ClF3N2/c1-2-20-10-11-3-4-14(13(16)9-11)21-7-5-12(6-8-21)15(17,18)19/h3-4,9,12,20H,2,5-8,10H2,1H3. The van der Waals surface area contributed by atoms with Gasteiger partial charge >= 0.3 is 6.18 Å². The Labute approximate surface area is 128 Å². The lowest BCUT2D eigenvalue weighted by atomic mass is 9.96. The molecule has 0 aromatic heterocycles. The van der Waals surface area contributed by atoms with Gasteiger partial charge in [-0.25, -0.2) is 0 Å². The molecule has 1 aromatic carbocycles. The number of hydrogen-bond donors (Lipinski definition) is 1. The molecule has 1 N–H and O–H groups in total. The van der Waals surface area contributed by atoms with Crippen molar-refractivity contribution >= 4 is 17.3 Å². The van der Waals surface area contributed by atoms with Crippen LogP contribution in [0.3, 0.4) is 0 Å². The molecule has 0 aliphatic carbocycles. The Balaban J connectivity index is 2.00. The Hall–Kier alpha value is -0.940. The van der Waals surface area contributed by atoms with E-state index in [1.807, 2.05) is 30.0 Å². The van der Waals surface area contributed by atoms with Crippen molar-refractivity contribution in [2.75, 3.05) is 24.5 Å². The summed E-state index contributed by atoms with van der Waals surface area (Å²) in [5.41, 5.74) is 1.91. The topological polar surface area (TPSA) is 15.3 Å². The highest BCUT2D eigenvalue weighted by Gasteiger charge is 2.41. The number of benzene rings is 1. The van der Waals surface area contributed by atoms with Gasteiger partial charge in [0.25, 0.3) is 0 Å². The SMILES string of the molecule is CCNCc1ccc(N2CCC(C(F)(F)F)CC2)c(Cl)c1. The number of halogens is 4. The summed E-state index contributed by atoms with van der Waals surface area (Å²) in [5, 5.41) is 3.82. The van der Waals surface area contributed by atoms with Crippen molar-refractivity contribution in [3.8, 4) is 0 Å². The Bertz CT molecular complexity index is 468. The summed E-state index contributed by atoms with van der Waals surface area (Å²) in [4.78, 5) is 1.95.